The van der Waals surface area contributed by atoms with Gasteiger partial charge in [0.05, 0.1) is 18.8 Å². The van der Waals surface area contributed by atoms with E-state index in [2.05, 4.69) is 25.5 Å². The van der Waals surface area contributed by atoms with Crippen LogP contribution in [0.25, 0.3) is 0 Å². The van der Waals surface area contributed by atoms with Crippen LogP contribution in [-0.4, -0.2) is 66.7 Å². The number of hydrogen-bond acceptors (Lipinski definition) is 6. The van der Waals surface area contributed by atoms with Gasteiger partial charge in [0.25, 0.3) is 5.91 Å². The van der Waals surface area contributed by atoms with Gasteiger partial charge in [-0.3, -0.25) is 9.69 Å². The number of anilines is 1. The predicted octanol–water partition coefficient (Wildman–Crippen LogP) is 0.361. The third-order valence-corrected chi connectivity index (χ3v) is 3.26. The Labute approximate surface area is 125 Å². The van der Waals surface area contributed by atoms with Gasteiger partial charge in [0.15, 0.2) is 0 Å². The minimum absolute atomic E-state index is 0.128. The highest BCUT2D eigenvalue weighted by Crippen LogP contribution is 2.01. The number of morpholine rings is 1. The number of rotatable bonds is 7. The molecule has 2 rings (SSSR count). The van der Waals surface area contributed by atoms with Crippen molar-refractivity contribution in [2.24, 2.45) is 0 Å². The van der Waals surface area contributed by atoms with Crippen LogP contribution < -0.4 is 10.6 Å². The first-order valence-corrected chi connectivity index (χ1v) is 7.44. The highest BCUT2D eigenvalue weighted by Gasteiger charge is 2.10. The Balaban J connectivity index is 1.72. The van der Waals surface area contributed by atoms with E-state index in [1.165, 1.54) is 0 Å². The second-order valence-electron chi connectivity index (χ2n) is 4.93. The van der Waals surface area contributed by atoms with Crippen molar-refractivity contribution in [3.8, 4) is 0 Å². The summed E-state index contributed by atoms with van der Waals surface area (Å²) in [6, 6.07) is 0. The Morgan fingerprint density at radius 2 is 2.00 bits per heavy atom. The van der Waals surface area contributed by atoms with Crippen molar-refractivity contribution in [2.75, 3.05) is 51.3 Å². The fourth-order valence-electron chi connectivity index (χ4n) is 2.03. The van der Waals surface area contributed by atoms with Crippen molar-refractivity contribution in [1.82, 2.24) is 20.2 Å². The van der Waals surface area contributed by atoms with Crippen molar-refractivity contribution in [3.05, 3.63) is 18.0 Å². The Hall–Kier alpha value is -1.73. The molecule has 0 atom stereocenters. The Morgan fingerprint density at radius 1 is 1.29 bits per heavy atom. The van der Waals surface area contributed by atoms with Gasteiger partial charge in [0.2, 0.25) is 5.95 Å². The number of carbonyl (C=O) groups is 1. The lowest BCUT2D eigenvalue weighted by atomic mass is 10.3. The standard InChI is InChI=1S/C14H23N5O2/c1-2-3-15-13(20)12-10-17-14(18-11-12)16-4-5-19-6-8-21-9-7-19/h10-11H,2-9H2,1H3,(H,15,20)(H,16,17,18). The average Bonchev–Trinajstić information content (AvgIpc) is 2.54. The summed E-state index contributed by atoms with van der Waals surface area (Å²) in [6.07, 6.45) is 4.01. The van der Waals surface area contributed by atoms with E-state index in [0.29, 0.717) is 18.1 Å². The normalized spacial score (nSPS) is 15.7. The molecule has 116 valence electrons. The van der Waals surface area contributed by atoms with Crippen LogP contribution in [-0.2, 0) is 4.74 Å². The molecule has 0 saturated carbocycles. The molecule has 1 amide bonds. The van der Waals surface area contributed by atoms with Crippen molar-refractivity contribution in [2.45, 2.75) is 13.3 Å². The van der Waals surface area contributed by atoms with Crippen LogP contribution in [0.5, 0.6) is 0 Å². The SMILES string of the molecule is CCCNC(=O)c1cnc(NCCN2CCOCC2)nc1. The predicted molar refractivity (Wildman–Crippen MR) is 80.4 cm³/mol. The summed E-state index contributed by atoms with van der Waals surface area (Å²) in [5.74, 6) is 0.423. The fourth-order valence-corrected chi connectivity index (χ4v) is 2.03. The lowest BCUT2D eigenvalue weighted by Crippen LogP contribution is -2.39. The zero-order valence-electron chi connectivity index (χ0n) is 12.5. The molecule has 0 unspecified atom stereocenters. The van der Waals surface area contributed by atoms with Gasteiger partial charge in [-0.15, -0.1) is 0 Å². The van der Waals surface area contributed by atoms with E-state index in [9.17, 15) is 4.79 Å². The minimum Gasteiger partial charge on any atom is -0.379 e. The maximum absolute atomic E-state index is 11.7. The number of nitrogens with zero attached hydrogens (tertiary/aromatic N) is 3. The first kappa shape index (κ1) is 15.7. The van der Waals surface area contributed by atoms with Gasteiger partial charge in [-0.2, -0.15) is 0 Å². The zero-order chi connectivity index (χ0) is 14.9. The maximum atomic E-state index is 11.7. The third kappa shape index (κ3) is 5.28. The molecule has 21 heavy (non-hydrogen) atoms. The quantitative estimate of drug-likeness (QED) is 0.756. The van der Waals surface area contributed by atoms with Crippen LogP contribution in [0.3, 0.4) is 0 Å². The molecule has 2 N–H and O–H groups in total. The molecule has 1 aliphatic heterocycles. The summed E-state index contributed by atoms with van der Waals surface area (Å²) in [6.45, 7) is 7.94. The molecule has 7 heteroatoms. The van der Waals surface area contributed by atoms with E-state index in [0.717, 1.165) is 45.8 Å². The van der Waals surface area contributed by atoms with E-state index in [1.54, 1.807) is 12.4 Å². The summed E-state index contributed by atoms with van der Waals surface area (Å²) in [5.41, 5.74) is 0.488. The van der Waals surface area contributed by atoms with Crippen molar-refractivity contribution >= 4 is 11.9 Å². The number of nitrogens with one attached hydrogen (secondary N) is 2. The smallest absolute Gasteiger partial charge is 0.254 e. The van der Waals surface area contributed by atoms with Gasteiger partial charge in [0, 0.05) is 45.1 Å². The average molecular weight is 293 g/mol. The molecule has 7 nitrogen and oxygen atoms in total. The van der Waals surface area contributed by atoms with E-state index >= 15 is 0 Å². The third-order valence-electron chi connectivity index (χ3n) is 3.26. The van der Waals surface area contributed by atoms with Gasteiger partial charge in [0.1, 0.15) is 0 Å². The van der Waals surface area contributed by atoms with E-state index in [4.69, 9.17) is 4.74 Å². The van der Waals surface area contributed by atoms with Crippen LogP contribution in [0, 0.1) is 0 Å². The number of amides is 1. The molecule has 1 saturated heterocycles. The van der Waals surface area contributed by atoms with Gasteiger partial charge >= 0.3 is 0 Å². The number of carbonyl (C=O) groups excluding carboxylic acids is 1. The van der Waals surface area contributed by atoms with E-state index < -0.39 is 0 Å². The lowest BCUT2D eigenvalue weighted by molar-refractivity contribution is 0.0398. The molecule has 0 radical (unpaired) electrons. The van der Waals surface area contributed by atoms with Crippen LogP contribution in [0.15, 0.2) is 12.4 Å². The van der Waals surface area contributed by atoms with Crippen LogP contribution >= 0.6 is 0 Å². The maximum Gasteiger partial charge on any atom is 0.254 e. The highest BCUT2D eigenvalue weighted by atomic mass is 16.5. The number of ether oxygens (including phenoxy) is 1. The second-order valence-corrected chi connectivity index (χ2v) is 4.93. The molecule has 0 aromatic carbocycles. The largest absolute Gasteiger partial charge is 0.379 e. The molecule has 0 aliphatic carbocycles. The molecule has 1 aromatic rings. The Morgan fingerprint density at radius 3 is 2.67 bits per heavy atom. The Bertz CT molecular complexity index is 431. The minimum atomic E-state index is -0.128. The lowest BCUT2D eigenvalue weighted by Gasteiger charge is -2.26. The summed E-state index contributed by atoms with van der Waals surface area (Å²) in [7, 11) is 0. The van der Waals surface area contributed by atoms with Crippen LogP contribution in [0.4, 0.5) is 5.95 Å². The van der Waals surface area contributed by atoms with Crippen molar-refractivity contribution in [1.29, 1.82) is 0 Å². The summed E-state index contributed by atoms with van der Waals surface area (Å²) in [4.78, 5) is 22.4. The van der Waals surface area contributed by atoms with Crippen LogP contribution in [0.1, 0.15) is 23.7 Å². The number of hydrogen-bond donors (Lipinski definition) is 2. The van der Waals surface area contributed by atoms with Gasteiger partial charge < -0.3 is 15.4 Å². The van der Waals surface area contributed by atoms with Crippen molar-refractivity contribution in [3.63, 3.8) is 0 Å². The fraction of sp³-hybridized carbons (Fsp3) is 0.643. The number of aromatic nitrogens is 2. The topological polar surface area (TPSA) is 79.4 Å². The van der Waals surface area contributed by atoms with Crippen molar-refractivity contribution < 1.29 is 9.53 Å². The first-order chi connectivity index (χ1) is 10.3. The molecule has 0 spiro atoms. The summed E-state index contributed by atoms with van der Waals surface area (Å²) >= 11 is 0. The van der Waals surface area contributed by atoms with Gasteiger partial charge in [-0.25, -0.2) is 9.97 Å². The van der Waals surface area contributed by atoms with Crippen LogP contribution in [0.2, 0.25) is 0 Å². The van der Waals surface area contributed by atoms with Gasteiger partial charge in [-0.1, -0.05) is 6.92 Å². The monoisotopic (exact) mass is 293 g/mol. The molecule has 0 bridgehead atoms. The van der Waals surface area contributed by atoms with E-state index in [1.807, 2.05) is 6.92 Å². The molecule has 2 heterocycles. The van der Waals surface area contributed by atoms with Gasteiger partial charge in [-0.05, 0) is 6.42 Å². The second kappa shape index (κ2) is 8.53. The zero-order valence-corrected chi connectivity index (χ0v) is 12.5. The molecule has 1 aliphatic rings. The Kier molecular flexibility index (Phi) is 6.36. The van der Waals surface area contributed by atoms with E-state index in [-0.39, 0.29) is 5.91 Å². The highest BCUT2D eigenvalue weighted by molar-refractivity contribution is 5.93. The molecular formula is C14H23N5O2. The summed E-state index contributed by atoms with van der Waals surface area (Å²) in [5, 5.41) is 5.96. The molecular weight excluding hydrogens is 270 g/mol. The molecule has 1 aromatic heterocycles. The molecule has 1 fully saturated rings. The summed E-state index contributed by atoms with van der Waals surface area (Å²) < 4.78 is 5.30. The first-order valence-electron chi connectivity index (χ1n) is 7.44.